The molecule has 0 aromatic heterocycles. The molecule has 0 bridgehead atoms. The number of nitrogens with one attached hydrogen (secondary N) is 2. The number of nitro benzene ring substituents is 1. The van der Waals surface area contributed by atoms with Gasteiger partial charge in [-0.1, -0.05) is 26.0 Å². The van der Waals surface area contributed by atoms with E-state index in [2.05, 4.69) is 10.6 Å². The van der Waals surface area contributed by atoms with Gasteiger partial charge < -0.3 is 15.7 Å². The number of carbonyl (C=O) groups is 2. The number of carbonyl (C=O) groups excluding carboxylic acids is 1. The molecule has 1 rings (SSSR count). The first-order valence-corrected chi connectivity index (χ1v) is 7.33. The standard InChI is InChI=1S/C15H21N3O5/c1-3-15(4-2,9-14(20)21)17-13(19)10-16-11-7-5-6-8-12(11)18(22)23/h5-8,16H,3-4,9-10H2,1-2H3,(H,17,19)(H,20,21). The van der Waals surface area contributed by atoms with Crippen LogP contribution in [0.2, 0.25) is 0 Å². The summed E-state index contributed by atoms with van der Waals surface area (Å²) in [6.07, 6.45) is 0.789. The Morgan fingerprint density at radius 1 is 1.26 bits per heavy atom. The maximum Gasteiger partial charge on any atom is 0.305 e. The second-order valence-electron chi connectivity index (χ2n) is 5.23. The molecule has 3 N–H and O–H groups in total. The van der Waals surface area contributed by atoms with Crippen LogP contribution in [0.15, 0.2) is 24.3 Å². The lowest BCUT2D eigenvalue weighted by molar-refractivity contribution is -0.383. The number of anilines is 1. The first-order chi connectivity index (χ1) is 10.8. The third-order valence-electron chi connectivity index (χ3n) is 3.79. The molecule has 8 nitrogen and oxygen atoms in total. The smallest absolute Gasteiger partial charge is 0.305 e. The second-order valence-corrected chi connectivity index (χ2v) is 5.23. The number of benzene rings is 1. The van der Waals surface area contributed by atoms with Crippen LogP contribution in [0.3, 0.4) is 0 Å². The van der Waals surface area contributed by atoms with Crippen molar-refractivity contribution < 1.29 is 19.6 Å². The Morgan fingerprint density at radius 2 is 1.87 bits per heavy atom. The largest absolute Gasteiger partial charge is 0.481 e. The van der Waals surface area contributed by atoms with Gasteiger partial charge in [-0.05, 0) is 18.9 Å². The van der Waals surface area contributed by atoms with E-state index in [0.29, 0.717) is 12.8 Å². The Hall–Kier alpha value is -2.64. The number of nitrogens with zero attached hydrogens (tertiary/aromatic N) is 1. The van der Waals surface area contributed by atoms with E-state index in [1.54, 1.807) is 6.07 Å². The number of aliphatic carboxylic acids is 1. The van der Waals surface area contributed by atoms with Crippen LogP contribution in [-0.4, -0.2) is 34.0 Å². The van der Waals surface area contributed by atoms with Crippen LogP contribution in [-0.2, 0) is 9.59 Å². The van der Waals surface area contributed by atoms with Gasteiger partial charge in [0.05, 0.1) is 23.4 Å². The Balaban J connectivity index is 2.73. The van der Waals surface area contributed by atoms with Gasteiger partial charge in [0.1, 0.15) is 5.69 Å². The highest BCUT2D eigenvalue weighted by Crippen LogP contribution is 2.23. The fourth-order valence-corrected chi connectivity index (χ4v) is 2.31. The number of hydrogen-bond donors (Lipinski definition) is 3. The highest BCUT2D eigenvalue weighted by Gasteiger charge is 2.30. The normalized spacial score (nSPS) is 10.9. The maximum atomic E-state index is 12.1. The lowest BCUT2D eigenvalue weighted by atomic mass is 9.89. The van der Waals surface area contributed by atoms with E-state index in [0.717, 1.165) is 0 Å². The molecular weight excluding hydrogens is 302 g/mol. The van der Waals surface area contributed by atoms with Crippen LogP contribution in [0, 0.1) is 10.1 Å². The third-order valence-corrected chi connectivity index (χ3v) is 3.79. The van der Waals surface area contributed by atoms with Gasteiger partial charge in [0.15, 0.2) is 0 Å². The maximum absolute atomic E-state index is 12.1. The molecule has 0 aliphatic rings. The van der Waals surface area contributed by atoms with Crippen molar-refractivity contribution in [1.82, 2.24) is 5.32 Å². The predicted molar refractivity (Wildman–Crippen MR) is 85.3 cm³/mol. The summed E-state index contributed by atoms with van der Waals surface area (Å²) in [6, 6.07) is 6.01. The molecule has 8 heteroatoms. The molecular formula is C15H21N3O5. The molecule has 0 heterocycles. The summed E-state index contributed by atoms with van der Waals surface area (Å²) in [5.41, 5.74) is -0.694. The van der Waals surface area contributed by atoms with Crippen molar-refractivity contribution in [3.05, 3.63) is 34.4 Å². The molecule has 1 aromatic rings. The highest BCUT2D eigenvalue weighted by atomic mass is 16.6. The van der Waals surface area contributed by atoms with Crippen molar-refractivity contribution in [2.75, 3.05) is 11.9 Å². The molecule has 0 radical (unpaired) electrons. The molecule has 0 atom stereocenters. The van der Waals surface area contributed by atoms with Crippen molar-refractivity contribution in [2.24, 2.45) is 0 Å². The van der Waals surface area contributed by atoms with Crippen molar-refractivity contribution in [1.29, 1.82) is 0 Å². The monoisotopic (exact) mass is 323 g/mol. The summed E-state index contributed by atoms with van der Waals surface area (Å²) >= 11 is 0. The molecule has 0 fully saturated rings. The van der Waals surface area contributed by atoms with E-state index in [1.807, 2.05) is 13.8 Å². The fraction of sp³-hybridized carbons (Fsp3) is 0.467. The van der Waals surface area contributed by atoms with E-state index in [-0.39, 0.29) is 24.3 Å². The zero-order valence-corrected chi connectivity index (χ0v) is 13.2. The van der Waals surface area contributed by atoms with E-state index in [9.17, 15) is 19.7 Å². The number of amides is 1. The van der Waals surface area contributed by atoms with E-state index in [1.165, 1.54) is 18.2 Å². The SMILES string of the molecule is CCC(CC)(CC(=O)O)NC(=O)CNc1ccccc1[N+](=O)[O-]. The molecule has 23 heavy (non-hydrogen) atoms. The topological polar surface area (TPSA) is 122 Å². The first-order valence-electron chi connectivity index (χ1n) is 7.33. The van der Waals surface area contributed by atoms with Crippen LogP contribution < -0.4 is 10.6 Å². The van der Waals surface area contributed by atoms with Crippen LogP contribution in [0.4, 0.5) is 11.4 Å². The number of carboxylic acids is 1. The van der Waals surface area contributed by atoms with Gasteiger partial charge in [-0.25, -0.2) is 0 Å². The van der Waals surface area contributed by atoms with E-state index < -0.39 is 22.3 Å². The quantitative estimate of drug-likeness (QED) is 0.473. The summed E-state index contributed by atoms with van der Waals surface area (Å²) in [5, 5.41) is 25.3. The molecule has 1 amide bonds. The fourth-order valence-electron chi connectivity index (χ4n) is 2.31. The molecule has 1 aromatic carbocycles. The highest BCUT2D eigenvalue weighted by molar-refractivity contribution is 5.83. The molecule has 0 saturated heterocycles. The molecule has 0 spiro atoms. The van der Waals surface area contributed by atoms with Crippen LogP contribution in [0.1, 0.15) is 33.1 Å². The molecule has 0 unspecified atom stereocenters. The van der Waals surface area contributed by atoms with Gasteiger partial charge in [0, 0.05) is 6.07 Å². The zero-order chi connectivity index (χ0) is 17.5. The number of carboxylic acid groups (broad SMARTS) is 1. The van der Waals surface area contributed by atoms with Gasteiger partial charge in [0.2, 0.25) is 5.91 Å². The predicted octanol–water partition coefficient (Wildman–Crippen LogP) is 2.16. The Bertz CT molecular complexity index is 584. The summed E-state index contributed by atoms with van der Waals surface area (Å²) in [6.45, 7) is 3.44. The van der Waals surface area contributed by atoms with Gasteiger partial charge in [0.25, 0.3) is 5.69 Å². The number of hydrogen-bond acceptors (Lipinski definition) is 5. The van der Waals surface area contributed by atoms with Crippen molar-refractivity contribution >= 4 is 23.3 Å². The minimum absolute atomic E-state index is 0.122. The van der Waals surface area contributed by atoms with E-state index in [4.69, 9.17) is 5.11 Å². The minimum atomic E-state index is -0.986. The number of para-hydroxylation sites is 2. The van der Waals surface area contributed by atoms with Crippen LogP contribution >= 0.6 is 0 Å². The van der Waals surface area contributed by atoms with Gasteiger partial charge in [-0.3, -0.25) is 19.7 Å². The molecule has 0 aliphatic heterocycles. The zero-order valence-electron chi connectivity index (χ0n) is 13.2. The minimum Gasteiger partial charge on any atom is -0.481 e. The van der Waals surface area contributed by atoms with Gasteiger partial charge in [-0.15, -0.1) is 0 Å². The third kappa shape index (κ3) is 5.24. The van der Waals surface area contributed by atoms with Gasteiger partial charge in [-0.2, -0.15) is 0 Å². The van der Waals surface area contributed by atoms with Crippen molar-refractivity contribution in [2.45, 2.75) is 38.6 Å². The molecule has 0 aliphatic carbocycles. The number of nitro groups is 1. The molecule has 126 valence electrons. The summed E-state index contributed by atoms with van der Waals surface area (Å²) in [4.78, 5) is 33.4. The average Bonchev–Trinajstić information content (AvgIpc) is 2.51. The Kier molecular flexibility index (Phi) is 6.49. The summed E-state index contributed by atoms with van der Waals surface area (Å²) < 4.78 is 0. The number of rotatable bonds is 9. The van der Waals surface area contributed by atoms with Crippen LogP contribution in [0.25, 0.3) is 0 Å². The van der Waals surface area contributed by atoms with Gasteiger partial charge >= 0.3 is 5.97 Å². The first kappa shape index (κ1) is 18.4. The average molecular weight is 323 g/mol. The van der Waals surface area contributed by atoms with Crippen molar-refractivity contribution in [3.63, 3.8) is 0 Å². The summed E-state index contributed by atoms with van der Waals surface area (Å²) in [5.74, 6) is -1.39. The Morgan fingerprint density at radius 3 is 2.39 bits per heavy atom. The van der Waals surface area contributed by atoms with Crippen molar-refractivity contribution in [3.8, 4) is 0 Å². The summed E-state index contributed by atoms with van der Waals surface area (Å²) in [7, 11) is 0. The molecule has 0 saturated carbocycles. The lowest BCUT2D eigenvalue weighted by Crippen LogP contribution is -2.50. The van der Waals surface area contributed by atoms with Crippen LogP contribution in [0.5, 0.6) is 0 Å². The van der Waals surface area contributed by atoms with E-state index >= 15 is 0 Å². The lowest BCUT2D eigenvalue weighted by Gasteiger charge is -2.31. The second kappa shape index (κ2) is 8.11. The Labute approximate surface area is 134 Å².